The van der Waals surface area contributed by atoms with Crippen LogP contribution in [0.3, 0.4) is 0 Å². The molecule has 0 saturated carbocycles. The van der Waals surface area contributed by atoms with E-state index in [2.05, 4.69) is 10.1 Å². The summed E-state index contributed by atoms with van der Waals surface area (Å²) in [6, 6.07) is 10.6. The maximum atomic E-state index is 13.0. The molecular weight excluding hydrogens is 570 g/mol. The van der Waals surface area contributed by atoms with Crippen LogP contribution in [0.1, 0.15) is 18.9 Å². The number of ether oxygens (including phenoxy) is 4. The van der Waals surface area contributed by atoms with Gasteiger partial charge in [0, 0.05) is 17.9 Å². The largest absolute Gasteiger partial charge is 0.497 e. The van der Waals surface area contributed by atoms with Gasteiger partial charge in [0.15, 0.2) is 6.61 Å². The van der Waals surface area contributed by atoms with Crippen molar-refractivity contribution in [3.05, 3.63) is 75.2 Å². The van der Waals surface area contributed by atoms with Crippen LogP contribution in [0.2, 0.25) is 0 Å². The van der Waals surface area contributed by atoms with Crippen molar-refractivity contribution in [3.8, 4) is 11.5 Å². The minimum atomic E-state index is -0.954. The molecule has 0 spiro atoms. The van der Waals surface area contributed by atoms with Crippen LogP contribution in [0.4, 0.5) is 5.69 Å². The van der Waals surface area contributed by atoms with Crippen LogP contribution in [0, 0.1) is 10.1 Å². The molecule has 2 unspecified atom stereocenters. The summed E-state index contributed by atoms with van der Waals surface area (Å²) in [6.45, 7) is 0.997. The van der Waals surface area contributed by atoms with Gasteiger partial charge >= 0.3 is 11.9 Å². The first-order chi connectivity index (χ1) is 20.1. The molecule has 3 rings (SSSR count). The van der Waals surface area contributed by atoms with Gasteiger partial charge in [-0.1, -0.05) is 12.1 Å². The van der Waals surface area contributed by atoms with Gasteiger partial charge in [-0.15, -0.1) is 11.8 Å². The molecule has 1 heterocycles. The highest BCUT2D eigenvalue weighted by molar-refractivity contribution is 8.02. The molecule has 0 aliphatic carbocycles. The van der Waals surface area contributed by atoms with Crippen LogP contribution < -0.4 is 14.8 Å². The Labute approximate surface area is 246 Å². The summed E-state index contributed by atoms with van der Waals surface area (Å²) in [5, 5.41) is 15.2. The smallest absolute Gasteiger partial charge is 0.326 e. The number of esters is 2. The molecule has 0 bridgehead atoms. The Hall–Kier alpha value is -4.59. The maximum absolute atomic E-state index is 13.0. The number of non-ortho nitro benzene ring substituents is 1. The molecule has 1 N–H and O–H groups in total. The molecule has 14 heteroatoms. The number of carbonyl (C=O) groups is 4. The third-order valence-electron chi connectivity index (χ3n) is 6.18. The fourth-order valence-electron chi connectivity index (χ4n) is 3.98. The second-order valence-electron chi connectivity index (χ2n) is 9.06. The fraction of sp³-hybridized carbons (Fsp3) is 0.357. The standard InChI is InChI=1S/C28H31N3O10S/c1-18(17-42-13-12-24(33)39-3)27-26(29-23(32)16-40-22-10-6-20(7-11-22)31(36)37)28(35)30(27)14-25(34)41-15-19-4-8-21(38-2)9-5-19/h4-11,17,26-27H,12-16H2,1-3H3,(H,29,32). The molecule has 1 fully saturated rings. The molecule has 2 atom stereocenters. The van der Waals surface area contributed by atoms with Crippen LogP contribution >= 0.6 is 11.8 Å². The van der Waals surface area contributed by atoms with Crippen molar-refractivity contribution < 1.29 is 43.0 Å². The van der Waals surface area contributed by atoms with Crippen LogP contribution in [0.5, 0.6) is 11.5 Å². The first kappa shape index (κ1) is 31.9. The number of β-lactam (4-membered cyclic amide) rings is 1. The number of nitro benzene ring substituents is 1. The first-order valence-corrected chi connectivity index (χ1v) is 13.8. The number of hydrogen-bond acceptors (Lipinski definition) is 11. The molecule has 13 nitrogen and oxygen atoms in total. The molecule has 2 aromatic carbocycles. The Kier molecular flexibility index (Phi) is 11.7. The van der Waals surface area contributed by atoms with E-state index in [0.29, 0.717) is 17.1 Å². The summed E-state index contributed by atoms with van der Waals surface area (Å²) in [6.07, 6.45) is 0.191. The Morgan fingerprint density at radius 3 is 2.33 bits per heavy atom. The van der Waals surface area contributed by atoms with Crippen LogP contribution in [0.15, 0.2) is 59.5 Å². The molecule has 1 saturated heterocycles. The Bertz CT molecular complexity index is 1310. The number of likely N-dealkylation sites (tertiary alicyclic amines) is 1. The van der Waals surface area contributed by atoms with Gasteiger partial charge in [0.1, 0.15) is 30.7 Å². The molecule has 2 amide bonds. The highest BCUT2D eigenvalue weighted by Gasteiger charge is 2.49. The van der Waals surface area contributed by atoms with Gasteiger partial charge < -0.3 is 29.2 Å². The topological polar surface area (TPSA) is 164 Å². The lowest BCUT2D eigenvalue weighted by molar-refractivity contribution is -0.384. The average molecular weight is 602 g/mol. The molecule has 1 aliphatic rings. The van der Waals surface area contributed by atoms with E-state index in [-0.39, 0.29) is 37.0 Å². The zero-order valence-corrected chi connectivity index (χ0v) is 24.1. The van der Waals surface area contributed by atoms with Crippen molar-refractivity contribution in [3.63, 3.8) is 0 Å². The van der Waals surface area contributed by atoms with Gasteiger partial charge in [0.2, 0.25) is 5.91 Å². The summed E-state index contributed by atoms with van der Waals surface area (Å²) in [5.41, 5.74) is 1.31. The molecule has 0 radical (unpaired) electrons. The Balaban J connectivity index is 1.61. The van der Waals surface area contributed by atoms with E-state index in [4.69, 9.17) is 14.2 Å². The summed E-state index contributed by atoms with van der Waals surface area (Å²) in [4.78, 5) is 61.2. The average Bonchev–Trinajstić information content (AvgIpc) is 3.00. The van der Waals surface area contributed by atoms with E-state index in [9.17, 15) is 29.3 Å². The van der Waals surface area contributed by atoms with Gasteiger partial charge in [-0.3, -0.25) is 29.3 Å². The number of amides is 2. The predicted molar refractivity (Wildman–Crippen MR) is 152 cm³/mol. The highest BCUT2D eigenvalue weighted by Crippen LogP contribution is 2.28. The van der Waals surface area contributed by atoms with Crippen molar-refractivity contribution in [2.75, 3.05) is 33.1 Å². The number of rotatable bonds is 15. The number of methoxy groups -OCH3 is 2. The van der Waals surface area contributed by atoms with Crippen LogP contribution in [0.25, 0.3) is 0 Å². The van der Waals surface area contributed by atoms with E-state index in [1.165, 1.54) is 48.0 Å². The molecule has 224 valence electrons. The van der Waals surface area contributed by atoms with Gasteiger partial charge in [-0.05, 0) is 47.7 Å². The van der Waals surface area contributed by atoms with Gasteiger partial charge in [-0.25, -0.2) is 0 Å². The van der Waals surface area contributed by atoms with Crippen LogP contribution in [-0.2, 0) is 35.3 Å². The summed E-state index contributed by atoms with van der Waals surface area (Å²) < 4.78 is 20.5. The molecule has 1 aliphatic heterocycles. The van der Waals surface area contributed by atoms with Gasteiger partial charge in [0.05, 0.1) is 31.6 Å². The lowest BCUT2D eigenvalue weighted by atomic mass is 9.89. The van der Waals surface area contributed by atoms with Crippen molar-refractivity contribution in [1.29, 1.82) is 0 Å². The van der Waals surface area contributed by atoms with Gasteiger partial charge in [0.25, 0.3) is 11.6 Å². The van der Waals surface area contributed by atoms with Crippen molar-refractivity contribution in [2.45, 2.75) is 32.0 Å². The zero-order chi connectivity index (χ0) is 30.6. The third-order valence-corrected chi connectivity index (χ3v) is 7.16. The zero-order valence-electron chi connectivity index (χ0n) is 23.3. The van der Waals surface area contributed by atoms with E-state index in [1.807, 2.05) is 0 Å². The number of thioether (sulfide) groups is 1. The number of hydrogen-bond donors (Lipinski definition) is 1. The van der Waals surface area contributed by atoms with E-state index >= 15 is 0 Å². The molecular formula is C28H31N3O10S. The van der Waals surface area contributed by atoms with Crippen molar-refractivity contribution in [1.82, 2.24) is 10.2 Å². The SMILES string of the molecule is COC(=O)CCSC=C(C)C1C(NC(=O)COc2ccc([N+](=O)[O-])cc2)C(=O)N1CC(=O)OCc1ccc(OC)cc1. The molecule has 0 aromatic heterocycles. The fourth-order valence-corrected chi connectivity index (χ4v) is 4.78. The minimum Gasteiger partial charge on any atom is -0.497 e. The highest BCUT2D eigenvalue weighted by atomic mass is 32.2. The summed E-state index contributed by atoms with van der Waals surface area (Å²) >= 11 is 1.33. The van der Waals surface area contributed by atoms with E-state index < -0.39 is 41.4 Å². The first-order valence-electron chi connectivity index (χ1n) is 12.7. The van der Waals surface area contributed by atoms with Crippen molar-refractivity contribution in [2.24, 2.45) is 0 Å². The Morgan fingerprint density at radius 2 is 1.71 bits per heavy atom. The lowest BCUT2D eigenvalue weighted by Crippen LogP contribution is -2.72. The number of nitro groups is 1. The van der Waals surface area contributed by atoms with E-state index in [0.717, 1.165) is 5.56 Å². The quantitative estimate of drug-likeness (QED) is 0.105. The second kappa shape index (κ2) is 15.4. The van der Waals surface area contributed by atoms with E-state index in [1.54, 1.807) is 43.7 Å². The number of benzene rings is 2. The summed E-state index contributed by atoms with van der Waals surface area (Å²) in [7, 11) is 2.85. The second-order valence-corrected chi connectivity index (χ2v) is 10.0. The number of nitrogens with zero attached hydrogens (tertiary/aromatic N) is 2. The molecule has 2 aromatic rings. The maximum Gasteiger partial charge on any atom is 0.326 e. The Morgan fingerprint density at radius 1 is 1.05 bits per heavy atom. The number of carbonyl (C=O) groups excluding carboxylic acids is 4. The van der Waals surface area contributed by atoms with Crippen LogP contribution in [-0.4, -0.2) is 78.8 Å². The summed E-state index contributed by atoms with van der Waals surface area (Å²) in [5.74, 6) is -0.701. The van der Waals surface area contributed by atoms with Crippen molar-refractivity contribution >= 4 is 41.2 Å². The normalized spacial score (nSPS) is 16.2. The third kappa shape index (κ3) is 8.96. The minimum absolute atomic E-state index is 0.00781. The monoisotopic (exact) mass is 601 g/mol. The number of nitrogens with one attached hydrogen (secondary N) is 1. The van der Waals surface area contributed by atoms with Gasteiger partial charge in [-0.2, -0.15) is 0 Å². The predicted octanol–water partition coefficient (Wildman–Crippen LogP) is 2.62. The molecule has 42 heavy (non-hydrogen) atoms. The lowest BCUT2D eigenvalue weighted by Gasteiger charge is -2.47.